The molecule has 0 amide bonds. The zero-order valence-electron chi connectivity index (χ0n) is 10.4. The highest BCUT2D eigenvalue weighted by molar-refractivity contribution is 5.82. The predicted molar refractivity (Wildman–Crippen MR) is 58.7 cm³/mol. The Kier molecular flexibility index (Phi) is 5.85. The van der Waals surface area contributed by atoms with Crippen LogP contribution < -0.4 is 0 Å². The maximum Gasteiger partial charge on any atom is 0.503 e. The van der Waals surface area contributed by atoms with Crippen molar-refractivity contribution >= 4 is 12.1 Å². The summed E-state index contributed by atoms with van der Waals surface area (Å²) in [6.45, 7) is 2.54. The van der Waals surface area contributed by atoms with Gasteiger partial charge in [-0.3, -0.25) is 0 Å². The first-order valence-corrected chi connectivity index (χ1v) is 5.27. The molecule has 1 aliphatic carbocycles. The van der Waals surface area contributed by atoms with Gasteiger partial charge in [-0.25, -0.2) is 9.59 Å². The number of rotatable bonds is 3. The van der Waals surface area contributed by atoms with Gasteiger partial charge in [-0.1, -0.05) is 19.9 Å². The summed E-state index contributed by atoms with van der Waals surface area (Å²) in [5.74, 6) is -0.661. The molecule has 5 nitrogen and oxygen atoms in total. The molecule has 110 valence electrons. The quantitative estimate of drug-likeness (QED) is 0.615. The molecule has 0 aromatic heterocycles. The van der Waals surface area contributed by atoms with Gasteiger partial charge in [-0.15, -0.1) is 0 Å². The minimum atomic E-state index is -4.46. The number of hydrogen-bond acceptors (Lipinski definition) is 3. The van der Waals surface area contributed by atoms with Crippen LogP contribution in [-0.4, -0.2) is 35.1 Å². The number of hydrogen-bond donors (Lipinski definition) is 2. The molecule has 1 saturated carbocycles. The largest absolute Gasteiger partial charge is 0.503 e. The third kappa shape index (κ3) is 9.93. The van der Waals surface area contributed by atoms with Gasteiger partial charge in [0.15, 0.2) is 6.61 Å². The van der Waals surface area contributed by atoms with Gasteiger partial charge in [0, 0.05) is 6.08 Å². The summed E-state index contributed by atoms with van der Waals surface area (Å²) in [6.07, 6.45) is -2.65. The summed E-state index contributed by atoms with van der Waals surface area (Å²) in [5, 5.41) is 13.9. The first kappa shape index (κ1) is 17.3. The number of halogens is 3. The molecule has 1 rings (SSSR count). The standard InChI is InChI=1S/C10H13F3O2.CH2O3/c1-9(2)5-7(9)3-4-8(14)15-6-10(11,12)13;2-1(3)4/h3-4,7H,5-6H2,1-2H3;(H2,2,3,4). The van der Waals surface area contributed by atoms with Crippen molar-refractivity contribution in [3.05, 3.63) is 12.2 Å². The lowest BCUT2D eigenvalue weighted by atomic mass is 10.1. The Morgan fingerprint density at radius 3 is 2.11 bits per heavy atom. The maximum absolute atomic E-state index is 11.6. The van der Waals surface area contributed by atoms with Crippen LogP contribution in [0.4, 0.5) is 18.0 Å². The number of ether oxygens (including phenoxy) is 1. The van der Waals surface area contributed by atoms with Crippen molar-refractivity contribution in [1.82, 2.24) is 0 Å². The number of esters is 1. The Hall–Kier alpha value is -1.73. The first-order chi connectivity index (χ1) is 8.44. The summed E-state index contributed by atoms with van der Waals surface area (Å²) in [6, 6.07) is 0. The summed E-state index contributed by atoms with van der Waals surface area (Å²) in [5.41, 5.74) is 0.167. The van der Waals surface area contributed by atoms with Crippen LogP contribution in [0.5, 0.6) is 0 Å². The summed E-state index contributed by atoms with van der Waals surface area (Å²) < 4.78 is 38.9. The van der Waals surface area contributed by atoms with Gasteiger partial charge in [-0.05, 0) is 17.8 Å². The average molecular weight is 284 g/mol. The second-order valence-electron chi connectivity index (χ2n) is 4.66. The summed E-state index contributed by atoms with van der Waals surface area (Å²) in [7, 11) is 0. The number of allylic oxidation sites excluding steroid dienone is 1. The van der Waals surface area contributed by atoms with E-state index in [0.29, 0.717) is 0 Å². The number of carbonyl (C=O) groups excluding carboxylic acids is 1. The molecule has 2 N–H and O–H groups in total. The van der Waals surface area contributed by atoms with Gasteiger partial charge < -0.3 is 14.9 Å². The average Bonchev–Trinajstić information content (AvgIpc) is 2.78. The van der Waals surface area contributed by atoms with Gasteiger partial charge in [0.05, 0.1) is 0 Å². The molecular weight excluding hydrogens is 269 g/mol. The number of carboxylic acid groups (broad SMARTS) is 2. The smallest absolute Gasteiger partial charge is 0.453 e. The van der Waals surface area contributed by atoms with Crippen molar-refractivity contribution in [3.8, 4) is 0 Å². The fraction of sp³-hybridized carbons (Fsp3) is 0.636. The van der Waals surface area contributed by atoms with E-state index in [9.17, 15) is 18.0 Å². The van der Waals surface area contributed by atoms with E-state index in [2.05, 4.69) is 4.74 Å². The molecule has 0 bridgehead atoms. The van der Waals surface area contributed by atoms with E-state index >= 15 is 0 Å². The molecule has 0 aliphatic heterocycles. The molecule has 0 saturated heterocycles. The summed E-state index contributed by atoms with van der Waals surface area (Å²) >= 11 is 0. The van der Waals surface area contributed by atoms with Crippen molar-refractivity contribution in [1.29, 1.82) is 0 Å². The Morgan fingerprint density at radius 2 is 1.79 bits per heavy atom. The van der Waals surface area contributed by atoms with Crippen LogP contribution in [0, 0.1) is 11.3 Å². The van der Waals surface area contributed by atoms with E-state index in [1.807, 2.05) is 13.8 Å². The molecule has 0 heterocycles. The van der Waals surface area contributed by atoms with Gasteiger partial charge in [-0.2, -0.15) is 13.2 Å². The lowest BCUT2D eigenvalue weighted by molar-refractivity contribution is -0.182. The predicted octanol–water partition coefficient (Wildman–Crippen LogP) is 2.92. The minimum absolute atomic E-state index is 0.167. The summed E-state index contributed by atoms with van der Waals surface area (Å²) in [4.78, 5) is 19.4. The minimum Gasteiger partial charge on any atom is -0.453 e. The molecule has 1 aliphatic rings. The topological polar surface area (TPSA) is 83.8 Å². The first-order valence-electron chi connectivity index (χ1n) is 5.27. The molecule has 1 atom stereocenters. The zero-order chi connectivity index (χ0) is 15.3. The Balaban J connectivity index is 0.000000711. The fourth-order valence-electron chi connectivity index (χ4n) is 1.23. The van der Waals surface area contributed by atoms with Crippen molar-refractivity contribution in [2.45, 2.75) is 26.4 Å². The van der Waals surface area contributed by atoms with Crippen LogP contribution in [-0.2, 0) is 9.53 Å². The van der Waals surface area contributed by atoms with E-state index < -0.39 is 24.9 Å². The molecule has 0 aromatic rings. The molecule has 0 radical (unpaired) electrons. The number of alkyl halides is 3. The van der Waals surface area contributed by atoms with E-state index in [4.69, 9.17) is 15.0 Å². The van der Waals surface area contributed by atoms with Crippen LogP contribution >= 0.6 is 0 Å². The van der Waals surface area contributed by atoms with Gasteiger partial charge >= 0.3 is 18.3 Å². The maximum atomic E-state index is 11.6. The third-order valence-corrected chi connectivity index (χ3v) is 2.43. The lowest BCUT2D eigenvalue weighted by Gasteiger charge is -2.05. The Morgan fingerprint density at radius 1 is 1.37 bits per heavy atom. The van der Waals surface area contributed by atoms with Gasteiger partial charge in [0.25, 0.3) is 0 Å². The Bertz CT molecular complexity index is 356. The van der Waals surface area contributed by atoms with E-state index in [1.165, 1.54) is 0 Å². The highest BCUT2D eigenvalue weighted by Gasteiger charge is 2.43. The molecule has 8 heteroatoms. The monoisotopic (exact) mass is 284 g/mol. The van der Waals surface area contributed by atoms with Gasteiger partial charge in [0.1, 0.15) is 0 Å². The SMILES string of the molecule is CC1(C)CC1C=CC(=O)OCC(F)(F)F.O=C(O)O. The molecule has 19 heavy (non-hydrogen) atoms. The third-order valence-electron chi connectivity index (χ3n) is 2.43. The van der Waals surface area contributed by atoms with E-state index in [-0.39, 0.29) is 11.3 Å². The molecule has 1 fully saturated rings. The van der Waals surface area contributed by atoms with Crippen molar-refractivity contribution in [2.75, 3.05) is 6.61 Å². The highest BCUT2D eigenvalue weighted by atomic mass is 19.4. The second-order valence-corrected chi connectivity index (χ2v) is 4.66. The molecule has 0 aromatic carbocycles. The highest BCUT2D eigenvalue weighted by Crippen LogP contribution is 2.52. The van der Waals surface area contributed by atoms with Crippen LogP contribution in [0.1, 0.15) is 20.3 Å². The van der Waals surface area contributed by atoms with Crippen molar-refractivity contribution in [2.24, 2.45) is 11.3 Å². The van der Waals surface area contributed by atoms with Crippen molar-refractivity contribution < 1.29 is 37.7 Å². The van der Waals surface area contributed by atoms with Crippen molar-refractivity contribution in [3.63, 3.8) is 0 Å². The molecule has 1 unspecified atom stereocenters. The van der Waals surface area contributed by atoms with Crippen LogP contribution in [0.3, 0.4) is 0 Å². The van der Waals surface area contributed by atoms with E-state index in [1.54, 1.807) is 6.08 Å². The van der Waals surface area contributed by atoms with Crippen LogP contribution in [0.15, 0.2) is 12.2 Å². The normalized spacial score (nSPS) is 20.4. The van der Waals surface area contributed by atoms with Crippen LogP contribution in [0.25, 0.3) is 0 Å². The van der Waals surface area contributed by atoms with Crippen LogP contribution in [0.2, 0.25) is 0 Å². The second kappa shape index (κ2) is 6.44. The zero-order valence-corrected chi connectivity index (χ0v) is 10.4. The number of carbonyl (C=O) groups is 2. The van der Waals surface area contributed by atoms with Gasteiger partial charge in [0.2, 0.25) is 0 Å². The Labute approximate surface area is 107 Å². The van der Waals surface area contributed by atoms with E-state index in [0.717, 1.165) is 12.5 Å². The fourth-order valence-corrected chi connectivity index (χ4v) is 1.23. The molecular formula is C11H15F3O5. The lowest BCUT2D eigenvalue weighted by Crippen LogP contribution is -2.19. The molecule has 0 spiro atoms.